The molecule has 0 aliphatic carbocycles. The molecule has 0 saturated carbocycles. The van der Waals surface area contributed by atoms with Gasteiger partial charge >= 0.3 is 0 Å². The molecule has 0 fully saturated rings. The first-order valence-corrected chi connectivity index (χ1v) is 7.10. The van der Waals surface area contributed by atoms with Gasteiger partial charge in [-0.3, -0.25) is 4.98 Å². The molecule has 0 aliphatic heterocycles. The lowest BCUT2D eigenvalue weighted by molar-refractivity contribution is 0.277. The Kier molecular flexibility index (Phi) is 4.95. The molecule has 102 valence electrons. The summed E-state index contributed by atoms with van der Waals surface area (Å²) in [5, 5.41) is 0. The van der Waals surface area contributed by atoms with Crippen molar-refractivity contribution >= 4 is 0 Å². The Balaban J connectivity index is 2.70. The summed E-state index contributed by atoms with van der Waals surface area (Å²) in [6.45, 7) is 14.0. The van der Waals surface area contributed by atoms with E-state index in [4.69, 9.17) is 0 Å². The average molecular weight is 247 g/mol. The van der Waals surface area contributed by atoms with Gasteiger partial charge in [0.15, 0.2) is 0 Å². The maximum Gasteiger partial charge on any atom is 0.0302 e. The molecule has 1 heterocycles. The van der Waals surface area contributed by atoms with Crippen molar-refractivity contribution < 1.29 is 0 Å². The predicted octanol–water partition coefficient (Wildman–Crippen LogP) is 5.43. The van der Waals surface area contributed by atoms with Crippen molar-refractivity contribution in [3.63, 3.8) is 0 Å². The van der Waals surface area contributed by atoms with Crippen LogP contribution in [-0.4, -0.2) is 4.98 Å². The fraction of sp³-hybridized carbons (Fsp3) is 0.706. The molecule has 0 N–H and O–H groups in total. The Morgan fingerprint density at radius 3 is 2.22 bits per heavy atom. The van der Waals surface area contributed by atoms with Crippen molar-refractivity contribution in [3.8, 4) is 0 Å². The third kappa shape index (κ3) is 5.20. The molecular formula is C17H29N. The van der Waals surface area contributed by atoms with Crippen LogP contribution in [0.25, 0.3) is 0 Å². The van der Waals surface area contributed by atoms with Crippen molar-refractivity contribution in [1.82, 2.24) is 4.98 Å². The predicted molar refractivity (Wildman–Crippen MR) is 79.7 cm³/mol. The number of nitrogens with zero attached hydrogens (tertiary/aromatic N) is 1. The van der Waals surface area contributed by atoms with Crippen molar-refractivity contribution in [2.45, 2.75) is 66.7 Å². The smallest absolute Gasteiger partial charge is 0.0302 e. The van der Waals surface area contributed by atoms with Crippen LogP contribution in [0.3, 0.4) is 0 Å². The first-order valence-electron chi connectivity index (χ1n) is 7.10. The van der Waals surface area contributed by atoms with Gasteiger partial charge in [0.1, 0.15) is 0 Å². The molecular weight excluding hydrogens is 218 g/mol. The van der Waals surface area contributed by atoms with Crippen LogP contribution in [0.1, 0.15) is 72.3 Å². The normalized spacial score (nSPS) is 14.6. The fourth-order valence-corrected chi connectivity index (χ4v) is 2.52. The average Bonchev–Trinajstić information content (AvgIpc) is 2.22. The van der Waals surface area contributed by atoms with E-state index in [0.717, 1.165) is 0 Å². The second-order valence-electron chi connectivity index (χ2n) is 7.66. The summed E-state index contributed by atoms with van der Waals surface area (Å²) >= 11 is 0. The van der Waals surface area contributed by atoms with Crippen LogP contribution in [0, 0.1) is 10.8 Å². The lowest BCUT2D eigenvalue weighted by Gasteiger charge is -2.32. The zero-order valence-electron chi connectivity index (χ0n) is 13.0. The topological polar surface area (TPSA) is 12.9 Å². The number of pyridine rings is 1. The van der Waals surface area contributed by atoms with Crippen LogP contribution < -0.4 is 0 Å². The van der Waals surface area contributed by atoms with Crippen molar-refractivity contribution in [3.05, 3.63) is 30.1 Å². The second-order valence-corrected chi connectivity index (χ2v) is 7.66. The molecule has 0 spiro atoms. The number of aromatic nitrogens is 1. The van der Waals surface area contributed by atoms with E-state index in [1.54, 1.807) is 0 Å². The van der Waals surface area contributed by atoms with Crippen LogP contribution in [0.4, 0.5) is 0 Å². The second kappa shape index (κ2) is 5.86. The summed E-state index contributed by atoms with van der Waals surface area (Å²) in [5.41, 5.74) is 2.14. The van der Waals surface area contributed by atoms with E-state index < -0.39 is 0 Å². The first-order chi connectivity index (χ1) is 8.20. The molecule has 0 aromatic carbocycles. The molecule has 1 heteroatoms. The van der Waals surface area contributed by atoms with Gasteiger partial charge in [-0.25, -0.2) is 0 Å². The van der Waals surface area contributed by atoms with Gasteiger partial charge in [0.05, 0.1) is 0 Å². The monoisotopic (exact) mass is 247 g/mol. The SMILES string of the molecule is CC(C)(C)CCCC(c1cccnc1)C(C)(C)C. The Labute approximate surface area is 113 Å². The molecule has 0 amide bonds. The lowest BCUT2D eigenvalue weighted by Crippen LogP contribution is -2.19. The zero-order chi connectivity index (χ0) is 13.8. The van der Waals surface area contributed by atoms with Gasteiger partial charge in [0.25, 0.3) is 0 Å². The minimum absolute atomic E-state index is 0.306. The number of hydrogen-bond acceptors (Lipinski definition) is 1. The van der Waals surface area contributed by atoms with E-state index in [1.165, 1.54) is 24.8 Å². The van der Waals surface area contributed by atoms with Gasteiger partial charge in [-0.1, -0.05) is 54.0 Å². The quantitative estimate of drug-likeness (QED) is 0.691. The summed E-state index contributed by atoms with van der Waals surface area (Å²) in [6.07, 6.45) is 7.73. The maximum atomic E-state index is 4.28. The minimum atomic E-state index is 0.306. The summed E-state index contributed by atoms with van der Waals surface area (Å²) < 4.78 is 0. The minimum Gasteiger partial charge on any atom is -0.264 e. The molecule has 1 aromatic rings. The van der Waals surface area contributed by atoms with Gasteiger partial charge in [0, 0.05) is 12.4 Å². The van der Waals surface area contributed by atoms with Gasteiger partial charge in [-0.05, 0) is 41.2 Å². The number of hydrogen-bond donors (Lipinski definition) is 0. The van der Waals surface area contributed by atoms with E-state index in [1.807, 2.05) is 12.4 Å². The van der Waals surface area contributed by atoms with Crippen LogP contribution in [0.5, 0.6) is 0 Å². The van der Waals surface area contributed by atoms with E-state index in [-0.39, 0.29) is 0 Å². The molecule has 0 bridgehead atoms. The van der Waals surface area contributed by atoms with Crippen LogP contribution in [0.15, 0.2) is 24.5 Å². The van der Waals surface area contributed by atoms with Crippen LogP contribution in [-0.2, 0) is 0 Å². The van der Waals surface area contributed by atoms with Crippen molar-refractivity contribution in [2.24, 2.45) is 10.8 Å². The van der Waals surface area contributed by atoms with Gasteiger partial charge in [0.2, 0.25) is 0 Å². The van der Waals surface area contributed by atoms with Gasteiger partial charge in [-0.15, -0.1) is 0 Å². The third-order valence-corrected chi connectivity index (χ3v) is 3.55. The first kappa shape index (κ1) is 15.2. The van der Waals surface area contributed by atoms with Gasteiger partial charge in [-0.2, -0.15) is 0 Å². The summed E-state index contributed by atoms with van der Waals surface area (Å²) in [6, 6.07) is 4.28. The summed E-state index contributed by atoms with van der Waals surface area (Å²) in [7, 11) is 0. The molecule has 1 aromatic heterocycles. The highest BCUT2D eigenvalue weighted by molar-refractivity contribution is 5.17. The molecule has 1 rings (SSSR count). The standard InChI is InChI=1S/C17H29N/c1-16(2,3)11-7-10-15(17(4,5)6)14-9-8-12-18-13-14/h8-9,12-13,15H,7,10-11H2,1-6H3. The lowest BCUT2D eigenvalue weighted by atomic mass is 9.73. The van der Waals surface area contributed by atoms with E-state index in [2.05, 4.69) is 58.7 Å². The third-order valence-electron chi connectivity index (χ3n) is 3.55. The Morgan fingerprint density at radius 1 is 1.11 bits per heavy atom. The zero-order valence-corrected chi connectivity index (χ0v) is 13.0. The Hall–Kier alpha value is -0.850. The van der Waals surface area contributed by atoms with Crippen molar-refractivity contribution in [2.75, 3.05) is 0 Å². The van der Waals surface area contributed by atoms with E-state index in [9.17, 15) is 0 Å². The number of rotatable bonds is 4. The molecule has 1 nitrogen and oxygen atoms in total. The largest absolute Gasteiger partial charge is 0.264 e. The van der Waals surface area contributed by atoms with Crippen molar-refractivity contribution in [1.29, 1.82) is 0 Å². The highest BCUT2D eigenvalue weighted by Crippen LogP contribution is 2.39. The van der Waals surface area contributed by atoms with E-state index in [0.29, 0.717) is 16.7 Å². The summed E-state index contributed by atoms with van der Waals surface area (Å²) in [5.74, 6) is 0.605. The van der Waals surface area contributed by atoms with E-state index >= 15 is 0 Å². The highest BCUT2D eigenvalue weighted by atomic mass is 14.6. The molecule has 1 atom stereocenters. The molecule has 0 saturated heterocycles. The molecule has 1 unspecified atom stereocenters. The van der Waals surface area contributed by atoms with Crippen LogP contribution in [0.2, 0.25) is 0 Å². The Bertz CT molecular complexity index is 340. The maximum absolute atomic E-state index is 4.28. The summed E-state index contributed by atoms with van der Waals surface area (Å²) in [4.78, 5) is 4.28. The highest BCUT2D eigenvalue weighted by Gasteiger charge is 2.26. The molecule has 0 aliphatic rings. The molecule has 18 heavy (non-hydrogen) atoms. The van der Waals surface area contributed by atoms with Gasteiger partial charge < -0.3 is 0 Å². The molecule has 0 radical (unpaired) electrons. The fourth-order valence-electron chi connectivity index (χ4n) is 2.52. The van der Waals surface area contributed by atoms with Crippen LogP contribution >= 0.6 is 0 Å². The Morgan fingerprint density at radius 2 is 1.78 bits per heavy atom.